The minimum absolute atomic E-state index is 0.486. The van der Waals surface area contributed by atoms with E-state index in [0.717, 1.165) is 12.0 Å². The summed E-state index contributed by atoms with van der Waals surface area (Å²) in [5.41, 5.74) is 6.08. The van der Waals surface area contributed by atoms with E-state index in [1.165, 1.54) is 45.1 Å². The molecule has 0 aliphatic heterocycles. The van der Waals surface area contributed by atoms with Crippen LogP contribution in [0.4, 0.5) is 0 Å². The van der Waals surface area contributed by atoms with Gasteiger partial charge in [-0.3, -0.25) is 0 Å². The molecule has 1 fully saturated rings. The van der Waals surface area contributed by atoms with Crippen LogP contribution in [-0.2, 0) is 0 Å². The van der Waals surface area contributed by atoms with Crippen molar-refractivity contribution < 1.29 is 0 Å². The molecule has 0 radical (unpaired) electrons. The number of hydrogen-bond acceptors (Lipinski definition) is 2. The molecule has 0 bridgehead atoms. The molecule has 2 N–H and O–H groups in total. The van der Waals surface area contributed by atoms with Gasteiger partial charge in [-0.1, -0.05) is 19.8 Å². The van der Waals surface area contributed by atoms with Gasteiger partial charge in [-0.2, -0.15) is 0 Å². The van der Waals surface area contributed by atoms with Crippen molar-refractivity contribution in [1.82, 2.24) is 4.90 Å². The Morgan fingerprint density at radius 1 is 1.40 bits per heavy atom. The lowest BCUT2D eigenvalue weighted by molar-refractivity contribution is 0.223. The van der Waals surface area contributed by atoms with Gasteiger partial charge in [0, 0.05) is 12.1 Å². The Kier molecular flexibility index (Phi) is 5.62. The highest BCUT2D eigenvalue weighted by molar-refractivity contribution is 4.81. The second kappa shape index (κ2) is 6.49. The summed E-state index contributed by atoms with van der Waals surface area (Å²) >= 11 is 0. The third-order valence-electron chi connectivity index (χ3n) is 4.03. The topological polar surface area (TPSA) is 29.3 Å². The Balaban J connectivity index is 2.18. The van der Waals surface area contributed by atoms with Crippen molar-refractivity contribution in [2.45, 2.75) is 64.5 Å². The number of nitrogens with two attached hydrogens (primary N) is 1. The van der Waals surface area contributed by atoms with Crippen LogP contribution in [-0.4, -0.2) is 30.6 Å². The van der Waals surface area contributed by atoms with Gasteiger partial charge in [0.15, 0.2) is 0 Å². The highest BCUT2D eigenvalue weighted by Crippen LogP contribution is 2.27. The molecule has 1 saturated carbocycles. The molecule has 0 amide bonds. The maximum absolute atomic E-state index is 6.08. The second-order valence-corrected chi connectivity index (χ2v) is 5.26. The molecule has 3 atom stereocenters. The first-order valence-corrected chi connectivity index (χ1v) is 6.61. The molecule has 90 valence electrons. The number of rotatable bonds is 6. The molecule has 1 rings (SSSR count). The van der Waals surface area contributed by atoms with Crippen LogP contribution >= 0.6 is 0 Å². The van der Waals surface area contributed by atoms with Crippen molar-refractivity contribution in [3.8, 4) is 0 Å². The van der Waals surface area contributed by atoms with Crippen LogP contribution in [0.2, 0.25) is 0 Å². The van der Waals surface area contributed by atoms with E-state index in [-0.39, 0.29) is 0 Å². The largest absolute Gasteiger partial charge is 0.327 e. The first-order valence-electron chi connectivity index (χ1n) is 6.61. The summed E-state index contributed by atoms with van der Waals surface area (Å²) in [7, 11) is 2.25. The third-order valence-corrected chi connectivity index (χ3v) is 4.03. The highest BCUT2D eigenvalue weighted by atomic mass is 15.1. The van der Waals surface area contributed by atoms with Crippen LogP contribution in [0.25, 0.3) is 0 Å². The van der Waals surface area contributed by atoms with Gasteiger partial charge in [0.1, 0.15) is 0 Å². The maximum Gasteiger partial charge on any atom is 0.00676 e. The fourth-order valence-electron chi connectivity index (χ4n) is 2.65. The maximum atomic E-state index is 6.08. The third kappa shape index (κ3) is 4.12. The Hall–Kier alpha value is -0.0800. The van der Waals surface area contributed by atoms with Gasteiger partial charge in [-0.15, -0.1) is 0 Å². The minimum Gasteiger partial charge on any atom is -0.327 e. The normalized spacial score (nSPS) is 28.6. The quantitative estimate of drug-likeness (QED) is 0.733. The molecule has 0 spiro atoms. The zero-order valence-electron chi connectivity index (χ0n) is 10.7. The van der Waals surface area contributed by atoms with E-state index in [9.17, 15) is 0 Å². The Labute approximate surface area is 95.2 Å². The van der Waals surface area contributed by atoms with Gasteiger partial charge in [0.05, 0.1) is 0 Å². The summed E-state index contributed by atoms with van der Waals surface area (Å²) in [6.45, 7) is 5.81. The van der Waals surface area contributed by atoms with Crippen LogP contribution in [0.1, 0.15) is 52.4 Å². The average Bonchev–Trinajstić information content (AvgIpc) is 2.61. The van der Waals surface area contributed by atoms with Crippen molar-refractivity contribution >= 4 is 0 Å². The molecular weight excluding hydrogens is 184 g/mol. The van der Waals surface area contributed by atoms with Crippen molar-refractivity contribution in [2.24, 2.45) is 11.7 Å². The molecule has 1 aliphatic carbocycles. The standard InChI is InChI=1S/C13H28N2/c1-4-6-11(2)15(3)10-9-12-7-5-8-13(12)14/h11-13H,4-10,14H2,1-3H3. The van der Waals surface area contributed by atoms with Gasteiger partial charge in [0.2, 0.25) is 0 Å². The number of nitrogens with zero attached hydrogens (tertiary/aromatic N) is 1. The Morgan fingerprint density at radius 3 is 2.67 bits per heavy atom. The lowest BCUT2D eigenvalue weighted by Crippen LogP contribution is -2.33. The predicted octanol–water partition coefficient (Wildman–Crippen LogP) is 2.62. The molecule has 2 heteroatoms. The van der Waals surface area contributed by atoms with Crippen LogP contribution in [0.5, 0.6) is 0 Å². The van der Waals surface area contributed by atoms with E-state index in [1.54, 1.807) is 0 Å². The lowest BCUT2D eigenvalue weighted by atomic mass is 9.99. The average molecular weight is 212 g/mol. The zero-order valence-corrected chi connectivity index (χ0v) is 10.7. The SMILES string of the molecule is CCCC(C)N(C)CCC1CCCC1N. The van der Waals surface area contributed by atoms with Crippen LogP contribution in [0.3, 0.4) is 0 Å². The Bertz CT molecular complexity index is 170. The molecule has 0 saturated heterocycles. The van der Waals surface area contributed by atoms with E-state index >= 15 is 0 Å². The van der Waals surface area contributed by atoms with Crippen LogP contribution in [0.15, 0.2) is 0 Å². The van der Waals surface area contributed by atoms with Gasteiger partial charge >= 0.3 is 0 Å². The van der Waals surface area contributed by atoms with E-state index < -0.39 is 0 Å². The second-order valence-electron chi connectivity index (χ2n) is 5.26. The molecule has 2 nitrogen and oxygen atoms in total. The fourth-order valence-corrected chi connectivity index (χ4v) is 2.65. The molecule has 0 aromatic heterocycles. The predicted molar refractivity (Wildman–Crippen MR) is 66.9 cm³/mol. The summed E-state index contributed by atoms with van der Waals surface area (Å²) in [5, 5.41) is 0. The van der Waals surface area contributed by atoms with E-state index in [2.05, 4.69) is 25.8 Å². The molecule has 0 aromatic carbocycles. The van der Waals surface area contributed by atoms with Crippen LogP contribution in [0, 0.1) is 5.92 Å². The summed E-state index contributed by atoms with van der Waals surface area (Å²) in [6, 6.07) is 1.22. The zero-order chi connectivity index (χ0) is 11.3. The minimum atomic E-state index is 0.486. The first kappa shape index (κ1) is 13.0. The highest BCUT2D eigenvalue weighted by Gasteiger charge is 2.24. The van der Waals surface area contributed by atoms with E-state index in [0.29, 0.717) is 6.04 Å². The Morgan fingerprint density at radius 2 is 2.13 bits per heavy atom. The van der Waals surface area contributed by atoms with Crippen LogP contribution < -0.4 is 5.73 Å². The molecule has 1 aliphatic rings. The van der Waals surface area contributed by atoms with Gasteiger partial charge in [-0.25, -0.2) is 0 Å². The van der Waals surface area contributed by atoms with Gasteiger partial charge < -0.3 is 10.6 Å². The fraction of sp³-hybridized carbons (Fsp3) is 1.00. The molecular formula is C13H28N2. The van der Waals surface area contributed by atoms with Crippen molar-refractivity contribution in [3.63, 3.8) is 0 Å². The summed E-state index contributed by atoms with van der Waals surface area (Å²) in [6.07, 6.45) is 7.85. The van der Waals surface area contributed by atoms with E-state index in [1.807, 2.05) is 0 Å². The van der Waals surface area contributed by atoms with Gasteiger partial charge in [0.25, 0.3) is 0 Å². The van der Waals surface area contributed by atoms with Crippen molar-refractivity contribution in [1.29, 1.82) is 0 Å². The lowest BCUT2D eigenvalue weighted by Gasteiger charge is -2.26. The molecule has 0 aromatic rings. The van der Waals surface area contributed by atoms with E-state index in [4.69, 9.17) is 5.73 Å². The van der Waals surface area contributed by atoms with Gasteiger partial charge in [-0.05, 0) is 52.1 Å². The molecule has 3 unspecified atom stereocenters. The molecule has 15 heavy (non-hydrogen) atoms. The number of hydrogen-bond donors (Lipinski definition) is 1. The summed E-state index contributed by atoms with van der Waals surface area (Å²) in [4.78, 5) is 2.49. The van der Waals surface area contributed by atoms with Crippen molar-refractivity contribution in [2.75, 3.05) is 13.6 Å². The first-order chi connectivity index (χ1) is 7.15. The summed E-state index contributed by atoms with van der Waals surface area (Å²) < 4.78 is 0. The molecule has 0 heterocycles. The monoisotopic (exact) mass is 212 g/mol. The van der Waals surface area contributed by atoms with Crippen molar-refractivity contribution in [3.05, 3.63) is 0 Å². The summed E-state index contributed by atoms with van der Waals surface area (Å²) in [5.74, 6) is 0.793. The smallest absolute Gasteiger partial charge is 0.00676 e.